The molecule has 8 nitrogen and oxygen atoms in total. The summed E-state index contributed by atoms with van der Waals surface area (Å²) in [5.41, 5.74) is 2.59. The summed E-state index contributed by atoms with van der Waals surface area (Å²) in [5, 5.41) is 0. The zero-order valence-electron chi connectivity index (χ0n) is 21.2. The maximum atomic E-state index is 13.1. The Labute approximate surface area is 225 Å². The number of carbonyl (C=O) groups excluding carboxylic acids is 2. The maximum Gasteiger partial charge on any atom is 0.345 e. The summed E-state index contributed by atoms with van der Waals surface area (Å²) in [4.78, 5) is 36.6. The number of aromatic nitrogens is 2. The monoisotopic (exact) mass is 521 g/mol. The first-order valence-electron chi connectivity index (χ1n) is 13.2. The molecule has 5 atom stereocenters. The van der Waals surface area contributed by atoms with Crippen molar-refractivity contribution in [3.63, 3.8) is 0 Å². The van der Waals surface area contributed by atoms with Crippen LogP contribution in [-0.2, 0) is 16.6 Å². The molecule has 0 N–H and O–H groups in total. The first-order chi connectivity index (χ1) is 19.1. The van der Waals surface area contributed by atoms with Crippen LogP contribution in [-0.4, -0.2) is 58.1 Å². The van der Waals surface area contributed by atoms with Crippen LogP contribution in [0.3, 0.4) is 0 Å². The van der Waals surface area contributed by atoms with Gasteiger partial charge in [-0.3, -0.25) is 14.9 Å². The van der Waals surface area contributed by atoms with Crippen LogP contribution >= 0.6 is 0 Å². The van der Waals surface area contributed by atoms with Gasteiger partial charge in [-0.2, -0.15) is 0 Å². The fourth-order valence-electron chi connectivity index (χ4n) is 6.99. The van der Waals surface area contributed by atoms with Gasteiger partial charge in [0.1, 0.15) is 6.10 Å². The molecule has 39 heavy (non-hydrogen) atoms. The van der Waals surface area contributed by atoms with Gasteiger partial charge in [-0.25, -0.2) is 9.59 Å². The fourth-order valence-corrected chi connectivity index (χ4v) is 6.99. The SMILES string of the molecule is C=CCN1CC[C@]23c4c5ccc(OC(=O)c6cccnc6)c4O[C@H]2[C@@H](OC(=O)c2cccnc2)C=C[C@H]3[C@H]1C5. The molecule has 2 bridgehead atoms. The van der Waals surface area contributed by atoms with Crippen molar-refractivity contribution in [1.29, 1.82) is 0 Å². The van der Waals surface area contributed by atoms with E-state index in [9.17, 15) is 9.59 Å². The van der Waals surface area contributed by atoms with Gasteiger partial charge < -0.3 is 14.2 Å². The minimum absolute atomic E-state index is 0.155. The third-order valence-corrected chi connectivity index (χ3v) is 8.56. The van der Waals surface area contributed by atoms with Crippen LogP contribution in [0.15, 0.2) is 86.0 Å². The lowest BCUT2D eigenvalue weighted by Gasteiger charge is -2.57. The van der Waals surface area contributed by atoms with Crippen molar-refractivity contribution in [2.24, 2.45) is 5.92 Å². The Balaban J connectivity index is 1.30. The van der Waals surface area contributed by atoms with Crippen molar-refractivity contribution in [2.45, 2.75) is 36.5 Å². The summed E-state index contributed by atoms with van der Waals surface area (Å²) < 4.78 is 18.6. The van der Waals surface area contributed by atoms with Gasteiger partial charge in [-0.05, 0) is 61.4 Å². The Morgan fingerprint density at radius 3 is 2.56 bits per heavy atom. The second-order valence-electron chi connectivity index (χ2n) is 10.5. The first-order valence-corrected chi connectivity index (χ1v) is 13.2. The van der Waals surface area contributed by atoms with Crippen LogP contribution in [0.25, 0.3) is 0 Å². The lowest BCUT2D eigenvalue weighted by Crippen LogP contribution is -2.65. The lowest BCUT2D eigenvalue weighted by atomic mass is 9.53. The third kappa shape index (κ3) is 3.62. The zero-order chi connectivity index (χ0) is 26.6. The number of ether oxygens (including phenoxy) is 3. The number of pyridine rings is 2. The minimum Gasteiger partial charge on any atom is -0.481 e. The summed E-state index contributed by atoms with van der Waals surface area (Å²) in [5.74, 6) is 0.143. The Hall–Kier alpha value is -4.30. The van der Waals surface area contributed by atoms with Gasteiger partial charge in [0.2, 0.25) is 0 Å². The summed E-state index contributed by atoms with van der Waals surface area (Å²) in [7, 11) is 0. The van der Waals surface area contributed by atoms with Gasteiger partial charge >= 0.3 is 11.9 Å². The molecule has 1 spiro atoms. The van der Waals surface area contributed by atoms with Crippen LogP contribution < -0.4 is 9.47 Å². The van der Waals surface area contributed by atoms with E-state index < -0.39 is 29.6 Å². The van der Waals surface area contributed by atoms with Gasteiger partial charge in [-0.1, -0.05) is 18.2 Å². The number of rotatable bonds is 6. The van der Waals surface area contributed by atoms with Gasteiger partial charge in [0.25, 0.3) is 0 Å². The van der Waals surface area contributed by atoms with Crippen LogP contribution in [0.4, 0.5) is 0 Å². The molecule has 2 aromatic heterocycles. The van der Waals surface area contributed by atoms with Crippen LogP contribution in [0.5, 0.6) is 11.5 Å². The molecule has 1 aromatic carbocycles. The summed E-state index contributed by atoms with van der Waals surface area (Å²) in [6.07, 6.45) is 12.9. The molecule has 0 radical (unpaired) electrons. The van der Waals surface area contributed by atoms with Crippen LogP contribution in [0, 0.1) is 5.92 Å². The van der Waals surface area contributed by atoms with Gasteiger partial charge in [-0.15, -0.1) is 6.58 Å². The largest absolute Gasteiger partial charge is 0.481 e. The third-order valence-electron chi connectivity index (χ3n) is 8.56. The van der Waals surface area contributed by atoms with E-state index in [1.807, 2.05) is 24.3 Å². The van der Waals surface area contributed by atoms with Crippen molar-refractivity contribution in [1.82, 2.24) is 14.9 Å². The lowest BCUT2D eigenvalue weighted by molar-refractivity contribution is -0.0582. The van der Waals surface area contributed by atoms with Crippen molar-refractivity contribution in [3.05, 3.63) is 108 Å². The molecule has 0 unspecified atom stereocenters. The average Bonchev–Trinajstić information content (AvgIpc) is 3.32. The van der Waals surface area contributed by atoms with Crippen LogP contribution in [0.1, 0.15) is 38.3 Å². The van der Waals surface area contributed by atoms with E-state index in [0.29, 0.717) is 22.6 Å². The second kappa shape index (κ2) is 9.17. The molecule has 0 saturated carbocycles. The molecule has 7 rings (SSSR count). The number of carbonyl (C=O) groups is 2. The van der Waals surface area contributed by atoms with E-state index >= 15 is 0 Å². The fraction of sp³-hybridized carbons (Fsp3) is 0.290. The summed E-state index contributed by atoms with van der Waals surface area (Å²) >= 11 is 0. The molecule has 4 aliphatic rings. The topological polar surface area (TPSA) is 90.9 Å². The van der Waals surface area contributed by atoms with E-state index in [1.54, 1.807) is 36.7 Å². The van der Waals surface area contributed by atoms with E-state index in [1.165, 1.54) is 18.0 Å². The number of piperidine rings is 1. The quantitative estimate of drug-likeness (QED) is 0.274. The molecule has 4 heterocycles. The molecular weight excluding hydrogens is 494 g/mol. The van der Waals surface area contributed by atoms with Gasteiger partial charge in [0, 0.05) is 54.3 Å². The molecular formula is C31H27N3O5. The first kappa shape index (κ1) is 23.8. The summed E-state index contributed by atoms with van der Waals surface area (Å²) in [6, 6.07) is 10.9. The Morgan fingerprint density at radius 1 is 1.08 bits per heavy atom. The maximum absolute atomic E-state index is 13.1. The second-order valence-corrected chi connectivity index (χ2v) is 10.5. The highest BCUT2D eigenvalue weighted by Gasteiger charge is 2.65. The number of hydrogen-bond acceptors (Lipinski definition) is 8. The van der Waals surface area contributed by atoms with Crippen molar-refractivity contribution >= 4 is 11.9 Å². The summed E-state index contributed by atoms with van der Waals surface area (Å²) in [6.45, 7) is 5.64. The normalized spacial score (nSPS) is 27.7. The number of hydrogen-bond donors (Lipinski definition) is 0. The van der Waals surface area contributed by atoms with Gasteiger partial charge in [0.05, 0.1) is 11.1 Å². The predicted molar refractivity (Wildman–Crippen MR) is 142 cm³/mol. The molecule has 0 amide bonds. The molecule has 2 aliphatic heterocycles. The van der Waals surface area contributed by atoms with Crippen LogP contribution in [0.2, 0.25) is 0 Å². The Morgan fingerprint density at radius 2 is 1.85 bits per heavy atom. The number of benzene rings is 1. The van der Waals surface area contributed by atoms with Crippen molar-refractivity contribution in [2.75, 3.05) is 13.1 Å². The molecule has 3 aromatic rings. The van der Waals surface area contributed by atoms with Crippen molar-refractivity contribution in [3.8, 4) is 11.5 Å². The molecule has 2 aliphatic carbocycles. The van der Waals surface area contributed by atoms with Crippen molar-refractivity contribution < 1.29 is 23.8 Å². The highest BCUT2D eigenvalue weighted by atomic mass is 16.6. The average molecular weight is 522 g/mol. The molecule has 196 valence electrons. The Bertz CT molecular complexity index is 1490. The van der Waals surface area contributed by atoms with E-state index in [0.717, 1.165) is 31.5 Å². The van der Waals surface area contributed by atoms with E-state index in [2.05, 4.69) is 27.5 Å². The highest BCUT2D eigenvalue weighted by molar-refractivity contribution is 5.91. The number of likely N-dealkylation sites (tertiary alicyclic amines) is 1. The minimum atomic E-state index is -0.610. The molecule has 8 heteroatoms. The van der Waals surface area contributed by atoms with E-state index in [4.69, 9.17) is 14.2 Å². The Kier molecular flexibility index (Phi) is 5.59. The number of nitrogens with zero attached hydrogens (tertiary/aromatic N) is 3. The standard InChI is InChI=1S/C31H27N3O5/c1-2-14-34-15-11-31-22-8-10-25(38-30(36)21-6-4-13-33-18-21)28(31)39-27-24(9-7-19(26(27)31)16-23(22)34)37-29(35)20-5-3-12-32-17-20/h2-10,12-13,17-18,22-23,25,28H,1,11,14-16H2/t22-,23+,25-,28-,31-/m0/s1. The van der Waals surface area contributed by atoms with Gasteiger partial charge in [0.15, 0.2) is 17.6 Å². The smallest absolute Gasteiger partial charge is 0.345 e. The van der Waals surface area contributed by atoms with E-state index in [-0.39, 0.29) is 12.0 Å². The predicted octanol–water partition coefficient (Wildman–Crippen LogP) is 3.92. The zero-order valence-corrected chi connectivity index (χ0v) is 21.2. The molecule has 1 fully saturated rings. The number of esters is 2. The highest BCUT2D eigenvalue weighted by Crippen LogP contribution is 2.63. The molecule has 1 saturated heterocycles.